The Morgan fingerprint density at radius 1 is 1.30 bits per heavy atom. The van der Waals surface area contributed by atoms with Crippen molar-refractivity contribution in [3.05, 3.63) is 35.9 Å². The molecule has 0 radical (unpaired) electrons. The van der Waals surface area contributed by atoms with Gasteiger partial charge in [-0.2, -0.15) is 0 Å². The second kappa shape index (κ2) is 8.63. The molecule has 1 amide bonds. The molecule has 1 aromatic rings. The Morgan fingerprint density at radius 2 is 1.96 bits per heavy atom. The van der Waals surface area contributed by atoms with Crippen LogP contribution in [0.15, 0.2) is 30.3 Å². The standard InChI is InChI=1S/C15H22N2O4S.ClH/c1-21-7-8-22(19,20)11-15(18)17-9-13(14(16)10-17)12-5-3-2-4-6-12;/h2-6,13-14H,7-11,16H2,1H3;1H/t13-,14+;/m0./s1. The Kier molecular flexibility index (Phi) is 7.47. The molecule has 0 saturated carbocycles. The summed E-state index contributed by atoms with van der Waals surface area (Å²) in [7, 11) is -2.01. The molecule has 1 saturated heterocycles. The summed E-state index contributed by atoms with van der Waals surface area (Å²) in [4.78, 5) is 13.7. The van der Waals surface area contributed by atoms with Crippen LogP contribution in [0, 0.1) is 0 Å². The molecule has 23 heavy (non-hydrogen) atoms. The fourth-order valence-electron chi connectivity index (χ4n) is 2.65. The van der Waals surface area contributed by atoms with Gasteiger partial charge in [0.2, 0.25) is 5.91 Å². The first-order valence-corrected chi connectivity index (χ1v) is 9.03. The topological polar surface area (TPSA) is 89.7 Å². The van der Waals surface area contributed by atoms with Crippen molar-refractivity contribution in [2.75, 3.05) is 38.3 Å². The first-order valence-electron chi connectivity index (χ1n) is 7.20. The highest BCUT2D eigenvalue weighted by atomic mass is 35.5. The van der Waals surface area contributed by atoms with Gasteiger partial charge in [-0.15, -0.1) is 12.4 Å². The Bertz CT molecular complexity index is 609. The number of benzene rings is 1. The largest absolute Gasteiger partial charge is 0.384 e. The highest BCUT2D eigenvalue weighted by molar-refractivity contribution is 7.92. The summed E-state index contributed by atoms with van der Waals surface area (Å²) < 4.78 is 28.4. The van der Waals surface area contributed by atoms with Crippen molar-refractivity contribution in [2.24, 2.45) is 5.73 Å². The number of carbonyl (C=O) groups is 1. The van der Waals surface area contributed by atoms with Crippen LogP contribution in [-0.2, 0) is 19.4 Å². The Balaban J connectivity index is 0.00000264. The molecule has 0 aliphatic carbocycles. The molecule has 1 fully saturated rings. The van der Waals surface area contributed by atoms with Crippen LogP contribution < -0.4 is 5.73 Å². The zero-order chi connectivity index (χ0) is 16.2. The lowest BCUT2D eigenvalue weighted by Crippen LogP contribution is -2.36. The van der Waals surface area contributed by atoms with E-state index >= 15 is 0 Å². The van der Waals surface area contributed by atoms with E-state index in [0.717, 1.165) is 5.56 Å². The Hall–Kier alpha value is -1.15. The number of nitrogens with zero attached hydrogens (tertiary/aromatic N) is 1. The number of amides is 1. The quantitative estimate of drug-likeness (QED) is 0.792. The van der Waals surface area contributed by atoms with Crippen molar-refractivity contribution in [3.63, 3.8) is 0 Å². The molecular weight excluding hydrogens is 340 g/mol. The minimum Gasteiger partial charge on any atom is -0.384 e. The van der Waals surface area contributed by atoms with Gasteiger partial charge in [0.25, 0.3) is 0 Å². The molecule has 0 aromatic heterocycles. The van der Waals surface area contributed by atoms with Crippen LogP contribution >= 0.6 is 12.4 Å². The van der Waals surface area contributed by atoms with Crippen LogP contribution in [0.2, 0.25) is 0 Å². The predicted molar refractivity (Wildman–Crippen MR) is 91.5 cm³/mol. The van der Waals surface area contributed by atoms with Crippen molar-refractivity contribution in [3.8, 4) is 0 Å². The van der Waals surface area contributed by atoms with Crippen molar-refractivity contribution in [2.45, 2.75) is 12.0 Å². The number of hydrogen-bond acceptors (Lipinski definition) is 5. The molecular formula is C15H23ClN2O4S. The van der Waals surface area contributed by atoms with Crippen LogP contribution in [0.5, 0.6) is 0 Å². The molecule has 1 aromatic carbocycles. The van der Waals surface area contributed by atoms with Gasteiger partial charge in [-0.3, -0.25) is 4.79 Å². The summed E-state index contributed by atoms with van der Waals surface area (Å²) in [6.45, 7) is 0.948. The zero-order valence-electron chi connectivity index (χ0n) is 13.1. The highest BCUT2D eigenvalue weighted by Gasteiger charge is 2.35. The highest BCUT2D eigenvalue weighted by Crippen LogP contribution is 2.26. The van der Waals surface area contributed by atoms with E-state index < -0.39 is 15.6 Å². The SMILES string of the molecule is COCCS(=O)(=O)CC(=O)N1C[C@@H](N)[C@H](c2ccccc2)C1.Cl. The fourth-order valence-corrected chi connectivity index (χ4v) is 3.77. The second-order valence-corrected chi connectivity index (χ2v) is 7.75. The van der Waals surface area contributed by atoms with E-state index in [0.29, 0.717) is 13.1 Å². The molecule has 0 bridgehead atoms. The summed E-state index contributed by atoms with van der Waals surface area (Å²) in [6.07, 6.45) is 0. The lowest BCUT2D eigenvalue weighted by Gasteiger charge is -2.16. The number of nitrogens with two attached hydrogens (primary N) is 1. The van der Waals surface area contributed by atoms with Crippen LogP contribution in [-0.4, -0.2) is 63.6 Å². The third-order valence-electron chi connectivity index (χ3n) is 3.89. The van der Waals surface area contributed by atoms with E-state index in [-0.39, 0.29) is 42.6 Å². The van der Waals surface area contributed by atoms with E-state index in [1.807, 2.05) is 30.3 Å². The summed E-state index contributed by atoms with van der Waals surface area (Å²) in [6, 6.07) is 9.58. The number of methoxy groups -OCH3 is 1. The van der Waals surface area contributed by atoms with Crippen molar-refractivity contribution in [1.29, 1.82) is 0 Å². The van der Waals surface area contributed by atoms with Crippen LogP contribution in [0.1, 0.15) is 11.5 Å². The number of ether oxygens (including phenoxy) is 1. The van der Waals surface area contributed by atoms with E-state index in [9.17, 15) is 13.2 Å². The van der Waals surface area contributed by atoms with Gasteiger partial charge >= 0.3 is 0 Å². The molecule has 0 unspecified atom stereocenters. The first kappa shape index (κ1) is 19.9. The van der Waals surface area contributed by atoms with E-state index in [2.05, 4.69) is 0 Å². The monoisotopic (exact) mass is 362 g/mol. The maximum atomic E-state index is 12.2. The van der Waals surface area contributed by atoms with Gasteiger partial charge in [0.05, 0.1) is 12.4 Å². The first-order chi connectivity index (χ1) is 10.4. The van der Waals surface area contributed by atoms with Gasteiger partial charge < -0.3 is 15.4 Å². The molecule has 2 N–H and O–H groups in total. The van der Waals surface area contributed by atoms with Crippen LogP contribution in [0.3, 0.4) is 0 Å². The van der Waals surface area contributed by atoms with Gasteiger partial charge in [0.1, 0.15) is 5.75 Å². The van der Waals surface area contributed by atoms with Crippen molar-refractivity contribution >= 4 is 28.2 Å². The molecule has 0 spiro atoms. The van der Waals surface area contributed by atoms with E-state index in [1.165, 1.54) is 7.11 Å². The van der Waals surface area contributed by atoms with E-state index in [4.69, 9.17) is 10.5 Å². The Labute approximate surface area is 143 Å². The molecule has 1 aliphatic heterocycles. The predicted octanol–water partition coefficient (Wildman–Crippen LogP) is 0.423. The average molecular weight is 363 g/mol. The summed E-state index contributed by atoms with van der Waals surface area (Å²) in [5.74, 6) is -0.959. The fraction of sp³-hybridized carbons (Fsp3) is 0.533. The van der Waals surface area contributed by atoms with Crippen LogP contribution in [0.25, 0.3) is 0 Å². The molecule has 130 valence electrons. The molecule has 1 aliphatic rings. The summed E-state index contributed by atoms with van der Waals surface area (Å²) in [5, 5.41) is 0. The average Bonchev–Trinajstić information content (AvgIpc) is 2.88. The normalized spacial score (nSPS) is 21.0. The lowest BCUT2D eigenvalue weighted by atomic mass is 9.95. The molecule has 6 nitrogen and oxygen atoms in total. The minimum absolute atomic E-state index is 0. The molecule has 2 atom stereocenters. The zero-order valence-corrected chi connectivity index (χ0v) is 14.7. The maximum Gasteiger partial charge on any atom is 0.237 e. The van der Waals surface area contributed by atoms with Crippen LogP contribution in [0.4, 0.5) is 0 Å². The van der Waals surface area contributed by atoms with E-state index in [1.54, 1.807) is 4.90 Å². The van der Waals surface area contributed by atoms with Crippen molar-refractivity contribution < 1.29 is 17.9 Å². The smallest absolute Gasteiger partial charge is 0.237 e. The van der Waals surface area contributed by atoms with Gasteiger partial charge in [0, 0.05) is 32.2 Å². The number of carbonyl (C=O) groups excluding carboxylic acids is 1. The minimum atomic E-state index is -3.44. The summed E-state index contributed by atoms with van der Waals surface area (Å²) in [5.41, 5.74) is 7.20. The van der Waals surface area contributed by atoms with Gasteiger partial charge in [0.15, 0.2) is 9.84 Å². The lowest BCUT2D eigenvalue weighted by molar-refractivity contribution is -0.127. The van der Waals surface area contributed by atoms with Gasteiger partial charge in [-0.25, -0.2) is 8.42 Å². The van der Waals surface area contributed by atoms with Gasteiger partial charge in [-0.05, 0) is 5.56 Å². The van der Waals surface area contributed by atoms with Crippen molar-refractivity contribution in [1.82, 2.24) is 4.90 Å². The maximum absolute atomic E-state index is 12.2. The number of sulfone groups is 1. The Morgan fingerprint density at radius 3 is 2.57 bits per heavy atom. The molecule has 8 heteroatoms. The number of hydrogen-bond donors (Lipinski definition) is 1. The summed E-state index contributed by atoms with van der Waals surface area (Å²) >= 11 is 0. The third-order valence-corrected chi connectivity index (χ3v) is 5.36. The number of likely N-dealkylation sites (tertiary alicyclic amines) is 1. The molecule has 1 heterocycles. The number of rotatable bonds is 6. The van der Waals surface area contributed by atoms with Gasteiger partial charge in [-0.1, -0.05) is 30.3 Å². The third kappa shape index (κ3) is 5.46. The second-order valence-electron chi connectivity index (χ2n) is 5.56. The number of halogens is 1. The molecule has 2 rings (SSSR count).